The molecule has 0 amide bonds. The van der Waals surface area contributed by atoms with Crippen molar-refractivity contribution in [2.75, 3.05) is 13.2 Å². The number of aryl methyl sites for hydroxylation is 2. The highest BCUT2D eigenvalue weighted by atomic mass is 16.5. The Balaban J connectivity index is 1.82. The Bertz CT molecular complexity index is 482. The van der Waals surface area contributed by atoms with Crippen LogP contribution in [0.1, 0.15) is 49.3 Å². The van der Waals surface area contributed by atoms with Crippen LogP contribution in [0.15, 0.2) is 12.1 Å². The minimum Gasteiger partial charge on any atom is -0.493 e. The normalized spacial score (nSPS) is 17.6. The largest absolute Gasteiger partial charge is 0.493 e. The lowest BCUT2D eigenvalue weighted by molar-refractivity contribution is 0.154. The molecular formula is C18H29NO2. The van der Waals surface area contributed by atoms with Crippen LogP contribution in [-0.4, -0.2) is 29.9 Å². The zero-order chi connectivity index (χ0) is 15.5. The number of rotatable bonds is 8. The summed E-state index contributed by atoms with van der Waals surface area (Å²) < 4.78 is 6.00. The summed E-state index contributed by atoms with van der Waals surface area (Å²) in [6.07, 6.45) is 4.37. The second kappa shape index (κ2) is 6.80. The molecule has 21 heavy (non-hydrogen) atoms. The van der Waals surface area contributed by atoms with Gasteiger partial charge in [0.25, 0.3) is 0 Å². The van der Waals surface area contributed by atoms with Crippen molar-refractivity contribution in [3.05, 3.63) is 28.8 Å². The fourth-order valence-corrected chi connectivity index (χ4v) is 2.70. The molecule has 0 heterocycles. The maximum absolute atomic E-state index is 9.60. The molecule has 2 rings (SSSR count). The standard InChI is InChI=1S/C18H29NO2/c1-13-6-7-14(2)17(15(13)3)21-11-5-10-18(4,12-20)19-16-8-9-16/h6-7,16,19-20H,5,8-12H2,1-4H3. The summed E-state index contributed by atoms with van der Waals surface area (Å²) in [6.45, 7) is 9.32. The van der Waals surface area contributed by atoms with E-state index < -0.39 is 0 Å². The van der Waals surface area contributed by atoms with Crippen LogP contribution in [0, 0.1) is 20.8 Å². The van der Waals surface area contributed by atoms with Crippen LogP contribution in [0.5, 0.6) is 5.75 Å². The molecule has 1 aliphatic rings. The Morgan fingerprint density at radius 1 is 1.24 bits per heavy atom. The molecule has 2 N–H and O–H groups in total. The van der Waals surface area contributed by atoms with Crippen molar-refractivity contribution in [3.63, 3.8) is 0 Å². The van der Waals surface area contributed by atoms with Crippen molar-refractivity contribution in [3.8, 4) is 5.75 Å². The number of hydrogen-bond acceptors (Lipinski definition) is 3. The molecular weight excluding hydrogens is 262 g/mol. The van der Waals surface area contributed by atoms with Gasteiger partial charge in [-0.2, -0.15) is 0 Å². The molecule has 1 aromatic rings. The molecule has 1 aliphatic carbocycles. The summed E-state index contributed by atoms with van der Waals surface area (Å²) in [5.74, 6) is 1.02. The van der Waals surface area contributed by atoms with E-state index in [4.69, 9.17) is 4.74 Å². The molecule has 3 nitrogen and oxygen atoms in total. The molecule has 0 bridgehead atoms. The Morgan fingerprint density at radius 2 is 1.90 bits per heavy atom. The van der Waals surface area contributed by atoms with E-state index in [9.17, 15) is 5.11 Å². The Labute approximate surface area is 128 Å². The average Bonchev–Trinajstić information content (AvgIpc) is 3.26. The van der Waals surface area contributed by atoms with Gasteiger partial charge in [0, 0.05) is 11.6 Å². The van der Waals surface area contributed by atoms with Crippen molar-refractivity contribution < 1.29 is 9.84 Å². The Kier molecular flexibility index (Phi) is 5.28. The lowest BCUT2D eigenvalue weighted by Crippen LogP contribution is -2.47. The van der Waals surface area contributed by atoms with Gasteiger partial charge in [-0.25, -0.2) is 0 Å². The maximum atomic E-state index is 9.60. The summed E-state index contributed by atoms with van der Waals surface area (Å²) >= 11 is 0. The lowest BCUT2D eigenvalue weighted by Gasteiger charge is -2.29. The highest BCUT2D eigenvalue weighted by molar-refractivity contribution is 5.44. The van der Waals surface area contributed by atoms with Gasteiger partial charge in [-0.15, -0.1) is 0 Å². The molecule has 0 saturated heterocycles. The molecule has 1 unspecified atom stereocenters. The molecule has 1 fully saturated rings. The molecule has 1 atom stereocenters. The van der Waals surface area contributed by atoms with Gasteiger partial charge in [-0.05, 0) is 70.1 Å². The van der Waals surface area contributed by atoms with Crippen LogP contribution >= 0.6 is 0 Å². The maximum Gasteiger partial charge on any atom is 0.125 e. The zero-order valence-electron chi connectivity index (χ0n) is 13.8. The third kappa shape index (κ3) is 4.45. The highest BCUT2D eigenvalue weighted by Gasteiger charge is 2.31. The van der Waals surface area contributed by atoms with Crippen molar-refractivity contribution in [2.45, 2.75) is 65.0 Å². The van der Waals surface area contributed by atoms with Crippen molar-refractivity contribution in [1.29, 1.82) is 0 Å². The number of nitrogens with one attached hydrogen (secondary N) is 1. The molecule has 118 valence electrons. The summed E-state index contributed by atoms with van der Waals surface area (Å²) in [4.78, 5) is 0. The second-order valence-electron chi connectivity index (χ2n) is 6.74. The number of aliphatic hydroxyl groups is 1. The van der Waals surface area contributed by atoms with Gasteiger partial charge in [-0.1, -0.05) is 12.1 Å². The second-order valence-corrected chi connectivity index (χ2v) is 6.74. The van der Waals surface area contributed by atoms with Crippen molar-refractivity contribution in [2.24, 2.45) is 0 Å². The molecule has 3 heteroatoms. The first-order chi connectivity index (χ1) is 9.95. The fraction of sp³-hybridized carbons (Fsp3) is 0.667. The summed E-state index contributed by atoms with van der Waals surface area (Å²) in [5.41, 5.74) is 3.53. The van der Waals surface area contributed by atoms with Crippen LogP contribution in [0.2, 0.25) is 0 Å². The van der Waals surface area contributed by atoms with E-state index in [0.29, 0.717) is 12.6 Å². The number of hydrogen-bond donors (Lipinski definition) is 2. The fourth-order valence-electron chi connectivity index (χ4n) is 2.70. The van der Waals surface area contributed by atoms with Crippen LogP contribution in [0.4, 0.5) is 0 Å². The highest BCUT2D eigenvalue weighted by Crippen LogP contribution is 2.27. The summed E-state index contributed by atoms with van der Waals surface area (Å²) in [5, 5.41) is 13.1. The molecule has 1 saturated carbocycles. The monoisotopic (exact) mass is 291 g/mol. The molecule has 0 aromatic heterocycles. The first-order valence-corrected chi connectivity index (χ1v) is 8.03. The first-order valence-electron chi connectivity index (χ1n) is 8.03. The minimum atomic E-state index is -0.165. The number of ether oxygens (including phenoxy) is 1. The van der Waals surface area contributed by atoms with Gasteiger partial charge in [0.05, 0.1) is 13.2 Å². The van der Waals surface area contributed by atoms with E-state index in [1.807, 2.05) is 0 Å². The van der Waals surface area contributed by atoms with E-state index in [1.54, 1.807) is 0 Å². The van der Waals surface area contributed by atoms with Crippen LogP contribution in [-0.2, 0) is 0 Å². The first kappa shape index (κ1) is 16.3. The molecule has 1 aromatic carbocycles. The topological polar surface area (TPSA) is 41.5 Å². The Morgan fingerprint density at radius 3 is 2.52 bits per heavy atom. The summed E-state index contributed by atoms with van der Waals surface area (Å²) in [7, 11) is 0. The van der Waals surface area contributed by atoms with Gasteiger partial charge in [0.1, 0.15) is 5.75 Å². The van der Waals surface area contributed by atoms with Crippen LogP contribution in [0.25, 0.3) is 0 Å². The predicted molar refractivity (Wildman–Crippen MR) is 87.0 cm³/mol. The Hall–Kier alpha value is -1.06. The quantitative estimate of drug-likeness (QED) is 0.722. The van der Waals surface area contributed by atoms with Gasteiger partial charge < -0.3 is 15.2 Å². The van der Waals surface area contributed by atoms with Crippen LogP contribution in [0.3, 0.4) is 0 Å². The average molecular weight is 291 g/mol. The minimum absolute atomic E-state index is 0.165. The van der Waals surface area contributed by atoms with Gasteiger partial charge in [0.2, 0.25) is 0 Å². The third-order valence-corrected chi connectivity index (χ3v) is 4.47. The number of aliphatic hydroxyl groups excluding tert-OH is 1. The van der Waals surface area contributed by atoms with Crippen molar-refractivity contribution in [1.82, 2.24) is 5.32 Å². The van der Waals surface area contributed by atoms with Crippen LogP contribution < -0.4 is 10.1 Å². The SMILES string of the molecule is Cc1ccc(C)c(OCCCC(C)(CO)NC2CC2)c1C. The van der Waals surface area contributed by atoms with E-state index in [1.165, 1.54) is 29.5 Å². The van der Waals surface area contributed by atoms with E-state index in [0.717, 1.165) is 18.6 Å². The van der Waals surface area contributed by atoms with E-state index in [2.05, 4.69) is 45.1 Å². The number of benzene rings is 1. The zero-order valence-corrected chi connectivity index (χ0v) is 13.8. The molecule has 0 spiro atoms. The van der Waals surface area contributed by atoms with Gasteiger partial charge in [-0.3, -0.25) is 0 Å². The van der Waals surface area contributed by atoms with Gasteiger partial charge >= 0.3 is 0 Å². The molecule has 0 aliphatic heterocycles. The summed E-state index contributed by atoms with van der Waals surface area (Å²) in [6, 6.07) is 4.87. The van der Waals surface area contributed by atoms with Crippen molar-refractivity contribution >= 4 is 0 Å². The van der Waals surface area contributed by atoms with E-state index >= 15 is 0 Å². The molecule has 0 radical (unpaired) electrons. The van der Waals surface area contributed by atoms with E-state index in [-0.39, 0.29) is 12.1 Å². The lowest BCUT2D eigenvalue weighted by atomic mass is 9.97. The third-order valence-electron chi connectivity index (χ3n) is 4.47. The van der Waals surface area contributed by atoms with Gasteiger partial charge in [0.15, 0.2) is 0 Å². The predicted octanol–water partition coefficient (Wildman–Crippen LogP) is 3.27. The smallest absolute Gasteiger partial charge is 0.125 e.